The molecule has 1 saturated heterocycles. The van der Waals surface area contributed by atoms with Crippen molar-refractivity contribution in [2.75, 3.05) is 32.7 Å². The minimum atomic E-state index is 0.133. The van der Waals surface area contributed by atoms with E-state index in [1.807, 2.05) is 6.92 Å². The molecule has 0 aromatic heterocycles. The van der Waals surface area contributed by atoms with Crippen molar-refractivity contribution in [1.82, 2.24) is 15.5 Å². The summed E-state index contributed by atoms with van der Waals surface area (Å²) in [6.07, 6.45) is 1.12. The Bertz CT molecular complexity index is 499. The highest BCUT2D eigenvalue weighted by Crippen LogP contribution is 2.18. The van der Waals surface area contributed by atoms with Crippen LogP contribution in [0.15, 0.2) is 24.3 Å². The van der Waals surface area contributed by atoms with E-state index < -0.39 is 0 Å². The lowest BCUT2D eigenvalue weighted by molar-refractivity contribution is -0.126. The van der Waals surface area contributed by atoms with E-state index in [0.717, 1.165) is 45.7 Å². The van der Waals surface area contributed by atoms with Crippen LogP contribution in [0.25, 0.3) is 0 Å². The van der Waals surface area contributed by atoms with Crippen molar-refractivity contribution >= 4 is 5.91 Å². The number of hydrogen-bond acceptors (Lipinski definition) is 3. The second-order valence-electron chi connectivity index (χ2n) is 6.29. The van der Waals surface area contributed by atoms with Crippen LogP contribution in [0, 0.1) is 11.8 Å². The number of nitrogens with one attached hydrogen (secondary N) is 2. The minimum absolute atomic E-state index is 0.133. The van der Waals surface area contributed by atoms with Crippen molar-refractivity contribution in [1.29, 1.82) is 0 Å². The maximum Gasteiger partial charge on any atom is 0.223 e. The van der Waals surface area contributed by atoms with Crippen LogP contribution < -0.4 is 10.6 Å². The minimum Gasteiger partial charge on any atom is -0.355 e. The predicted octanol–water partition coefficient (Wildman–Crippen LogP) is 1.02. The SMILES string of the molecule is CC(C(=O)NCCN1CCc2ccccc2C1)C1CNC1. The lowest BCUT2D eigenvalue weighted by Crippen LogP contribution is -2.50. The molecular weight excluding hydrogens is 262 g/mol. The monoisotopic (exact) mass is 287 g/mol. The number of benzene rings is 1. The van der Waals surface area contributed by atoms with E-state index in [0.29, 0.717) is 5.92 Å². The van der Waals surface area contributed by atoms with Crippen molar-refractivity contribution < 1.29 is 4.79 Å². The average molecular weight is 287 g/mol. The first-order valence-corrected chi connectivity index (χ1v) is 8.01. The van der Waals surface area contributed by atoms with E-state index in [2.05, 4.69) is 39.8 Å². The molecule has 1 unspecified atom stereocenters. The molecular formula is C17H25N3O. The second-order valence-corrected chi connectivity index (χ2v) is 6.29. The maximum atomic E-state index is 12.1. The summed E-state index contributed by atoms with van der Waals surface area (Å²) in [7, 11) is 0. The van der Waals surface area contributed by atoms with Gasteiger partial charge in [-0.25, -0.2) is 0 Å². The molecule has 2 aliphatic rings. The highest BCUT2D eigenvalue weighted by Gasteiger charge is 2.28. The molecule has 0 saturated carbocycles. The number of hydrogen-bond donors (Lipinski definition) is 2. The highest BCUT2D eigenvalue weighted by atomic mass is 16.1. The van der Waals surface area contributed by atoms with Crippen LogP contribution in [0.3, 0.4) is 0 Å². The summed E-state index contributed by atoms with van der Waals surface area (Å²) in [5.74, 6) is 0.860. The van der Waals surface area contributed by atoms with Crippen LogP contribution in [-0.4, -0.2) is 43.5 Å². The third-order valence-electron chi connectivity index (χ3n) is 4.87. The van der Waals surface area contributed by atoms with Gasteiger partial charge in [0.15, 0.2) is 0 Å². The zero-order valence-electron chi connectivity index (χ0n) is 12.8. The largest absolute Gasteiger partial charge is 0.355 e. The topological polar surface area (TPSA) is 44.4 Å². The zero-order chi connectivity index (χ0) is 14.7. The van der Waals surface area contributed by atoms with Gasteiger partial charge in [0.1, 0.15) is 0 Å². The Hall–Kier alpha value is -1.39. The molecule has 3 rings (SSSR count). The van der Waals surface area contributed by atoms with Gasteiger partial charge in [-0.2, -0.15) is 0 Å². The van der Waals surface area contributed by atoms with Gasteiger partial charge < -0.3 is 10.6 Å². The molecule has 2 N–H and O–H groups in total. The third-order valence-corrected chi connectivity index (χ3v) is 4.87. The van der Waals surface area contributed by atoms with Gasteiger partial charge in [-0.1, -0.05) is 31.2 Å². The average Bonchev–Trinajstić information content (AvgIpc) is 2.45. The Morgan fingerprint density at radius 3 is 2.86 bits per heavy atom. The summed E-state index contributed by atoms with van der Waals surface area (Å²) < 4.78 is 0. The summed E-state index contributed by atoms with van der Waals surface area (Å²) in [4.78, 5) is 14.5. The quantitative estimate of drug-likeness (QED) is 0.850. The molecule has 114 valence electrons. The Morgan fingerprint density at radius 2 is 2.14 bits per heavy atom. The van der Waals surface area contributed by atoms with Gasteiger partial charge in [-0.3, -0.25) is 9.69 Å². The Balaban J connectivity index is 1.41. The molecule has 0 spiro atoms. The number of nitrogens with zero attached hydrogens (tertiary/aromatic N) is 1. The van der Waals surface area contributed by atoms with Gasteiger partial charge in [0, 0.05) is 32.1 Å². The Labute approximate surface area is 126 Å². The zero-order valence-corrected chi connectivity index (χ0v) is 12.8. The standard InChI is InChI=1S/C17H25N3O/c1-13(16-10-18-11-16)17(21)19-7-9-20-8-6-14-4-2-3-5-15(14)12-20/h2-5,13,16,18H,6-12H2,1H3,(H,19,21). The fourth-order valence-electron chi connectivity index (χ4n) is 3.12. The lowest BCUT2D eigenvalue weighted by Gasteiger charge is -2.32. The predicted molar refractivity (Wildman–Crippen MR) is 84.0 cm³/mol. The molecule has 1 aromatic carbocycles. The van der Waals surface area contributed by atoms with Gasteiger partial charge in [0.2, 0.25) is 5.91 Å². The summed E-state index contributed by atoms with van der Waals surface area (Å²) in [6.45, 7) is 7.80. The van der Waals surface area contributed by atoms with Crippen LogP contribution in [0.5, 0.6) is 0 Å². The van der Waals surface area contributed by atoms with Gasteiger partial charge in [-0.15, -0.1) is 0 Å². The first-order chi connectivity index (χ1) is 10.2. The molecule has 0 bridgehead atoms. The van der Waals surface area contributed by atoms with Crippen molar-refractivity contribution in [3.63, 3.8) is 0 Å². The van der Waals surface area contributed by atoms with Crippen molar-refractivity contribution in [2.45, 2.75) is 19.9 Å². The number of carbonyl (C=O) groups excluding carboxylic acids is 1. The smallest absolute Gasteiger partial charge is 0.223 e. The van der Waals surface area contributed by atoms with E-state index >= 15 is 0 Å². The maximum absolute atomic E-state index is 12.1. The van der Waals surface area contributed by atoms with E-state index in [1.165, 1.54) is 11.1 Å². The summed E-state index contributed by atoms with van der Waals surface area (Å²) in [5.41, 5.74) is 2.91. The fraction of sp³-hybridized carbons (Fsp3) is 0.588. The number of rotatable bonds is 5. The van der Waals surface area contributed by atoms with Crippen LogP contribution >= 0.6 is 0 Å². The number of fused-ring (bicyclic) bond motifs is 1. The first-order valence-electron chi connectivity index (χ1n) is 8.01. The fourth-order valence-corrected chi connectivity index (χ4v) is 3.12. The molecule has 4 nitrogen and oxygen atoms in total. The van der Waals surface area contributed by atoms with Crippen LogP contribution in [0.1, 0.15) is 18.1 Å². The van der Waals surface area contributed by atoms with E-state index in [4.69, 9.17) is 0 Å². The molecule has 2 aliphatic heterocycles. The van der Waals surface area contributed by atoms with Crippen LogP contribution in [-0.2, 0) is 17.8 Å². The molecule has 2 heterocycles. The molecule has 4 heteroatoms. The molecule has 0 radical (unpaired) electrons. The lowest BCUT2D eigenvalue weighted by atomic mass is 9.88. The summed E-state index contributed by atoms with van der Waals surface area (Å²) in [6, 6.07) is 8.67. The van der Waals surface area contributed by atoms with E-state index in [9.17, 15) is 4.79 Å². The highest BCUT2D eigenvalue weighted by molar-refractivity contribution is 5.78. The van der Waals surface area contributed by atoms with Crippen molar-refractivity contribution in [3.05, 3.63) is 35.4 Å². The number of carbonyl (C=O) groups is 1. The molecule has 0 aliphatic carbocycles. The molecule has 1 amide bonds. The Kier molecular flexibility index (Phi) is 4.56. The van der Waals surface area contributed by atoms with Crippen molar-refractivity contribution in [2.24, 2.45) is 11.8 Å². The Morgan fingerprint density at radius 1 is 1.38 bits per heavy atom. The normalized spacial score (nSPS) is 20.4. The van der Waals surface area contributed by atoms with E-state index in [-0.39, 0.29) is 11.8 Å². The van der Waals surface area contributed by atoms with E-state index in [1.54, 1.807) is 0 Å². The molecule has 1 fully saturated rings. The molecule has 1 atom stereocenters. The first kappa shape index (κ1) is 14.5. The molecule has 1 aromatic rings. The molecule has 21 heavy (non-hydrogen) atoms. The second kappa shape index (κ2) is 6.58. The van der Waals surface area contributed by atoms with Gasteiger partial charge in [-0.05, 0) is 36.6 Å². The summed E-state index contributed by atoms with van der Waals surface area (Å²) >= 11 is 0. The van der Waals surface area contributed by atoms with Gasteiger partial charge in [0.25, 0.3) is 0 Å². The summed E-state index contributed by atoms with van der Waals surface area (Å²) in [5, 5.41) is 6.32. The van der Waals surface area contributed by atoms with Crippen LogP contribution in [0.2, 0.25) is 0 Å². The van der Waals surface area contributed by atoms with Gasteiger partial charge in [0.05, 0.1) is 0 Å². The van der Waals surface area contributed by atoms with Crippen LogP contribution in [0.4, 0.5) is 0 Å². The third kappa shape index (κ3) is 3.44. The van der Waals surface area contributed by atoms with Gasteiger partial charge >= 0.3 is 0 Å². The number of amides is 1. The van der Waals surface area contributed by atoms with Crippen molar-refractivity contribution in [3.8, 4) is 0 Å².